The van der Waals surface area contributed by atoms with Gasteiger partial charge in [0.1, 0.15) is 5.82 Å². The lowest BCUT2D eigenvalue weighted by Gasteiger charge is -2.48. The van der Waals surface area contributed by atoms with Gasteiger partial charge in [-0.1, -0.05) is 66.7 Å². The number of carbonyl (C=O) groups is 1. The average Bonchev–Trinajstić information content (AvgIpc) is 2.76. The van der Waals surface area contributed by atoms with Gasteiger partial charge in [0.05, 0.1) is 5.54 Å². The van der Waals surface area contributed by atoms with Crippen molar-refractivity contribution in [3.63, 3.8) is 0 Å². The van der Waals surface area contributed by atoms with Gasteiger partial charge >= 0.3 is 0 Å². The molecular formula is C24H25N3O. The van der Waals surface area contributed by atoms with Crippen LogP contribution in [0.3, 0.4) is 0 Å². The highest BCUT2D eigenvalue weighted by Gasteiger charge is 2.45. The van der Waals surface area contributed by atoms with Crippen LogP contribution in [0, 0.1) is 5.92 Å². The second-order valence-corrected chi connectivity index (χ2v) is 7.41. The van der Waals surface area contributed by atoms with E-state index in [-0.39, 0.29) is 17.4 Å². The van der Waals surface area contributed by atoms with Crippen molar-refractivity contribution < 1.29 is 4.79 Å². The Kier molecular flexibility index (Phi) is 5.22. The van der Waals surface area contributed by atoms with Crippen LogP contribution in [-0.2, 0) is 10.3 Å². The number of benzene rings is 2. The van der Waals surface area contributed by atoms with Crippen LogP contribution < -0.4 is 5.32 Å². The Balaban J connectivity index is 1.70. The number of amides is 1. The maximum Gasteiger partial charge on any atom is 0.228 e. The third-order valence-electron chi connectivity index (χ3n) is 5.80. The molecule has 2 heterocycles. The lowest BCUT2D eigenvalue weighted by Crippen LogP contribution is -2.52. The number of nitrogens with zero attached hydrogens (tertiary/aromatic N) is 2. The molecule has 4 heteroatoms. The third kappa shape index (κ3) is 3.43. The number of piperidine rings is 1. The number of anilines is 1. The predicted octanol–water partition coefficient (Wildman–Crippen LogP) is 4.31. The quantitative estimate of drug-likeness (QED) is 0.743. The van der Waals surface area contributed by atoms with E-state index in [4.69, 9.17) is 0 Å². The van der Waals surface area contributed by atoms with Crippen LogP contribution in [0.15, 0.2) is 85.1 Å². The number of rotatable bonds is 4. The van der Waals surface area contributed by atoms with Gasteiger partial charge < -0.3 is 5.32 Å². The Morgan fingerprint density at radius 3 is 2.14 bits per heavy atom. The SMILES string of the molecule is CN1CCC(C(=O)Nc2ccccn2)CC1(c1ccccc1)c1ccccc1. The van der Waals surface area contributed by atoms with E-state index in [0.717, 1.165) is 19.4 Å². The number of pyridine rings is 1. The van der Waals surface area contributed by atoms with E-state index < -0.39 is 0 Å². The lowest BCUT2D eigenvalue weighted by molar-refractivity contribution is -0.122. The fourth-order valence-electron chi connectivity index (χ4n) is 4.31. The molecule has 0 radical (unpaired) electrons. The van der Waals surface area contributed by atoms with Gasteiger partial charge in [-0.25, -0.2) is 4.98 Å². The molecule has 1 fully saturated rings. The van der Waals surface area contributed by atoms with E-state index in [1.807, 2.05) is 30.3 Å². The average molecular weight is 371 g/mol. The second-order valence-electron chi connectivity index (χ2n) is 7.41. The molecular weight excluding hydrogens is 346 g/mol. The van der Waals surface area contributed by atoms with Gasteiger partial charge in [-0.15, -0.1) is 0 Å². The molecule has 0 saturated carbocycles. The van der Waals surface area contributed by atoms with Crippen molar-refractivity contribution >= 4 is 11.7 Å². The van der Waals surface area contributed by atoms with Crippen molar-refractivity contribution in [1.29, 1.82) is 0 Å². The molecule has 1 aliphatic heterocycles. The summed E-state index contributed by atoms with van der Waals surface area (Å²) in [6.45, 7) is 0.851. The maximum atomic E-state index is 13.1. The van der Waals surface area contributed by atoms with Crippen LogP contribution in [0.5, 0.6) is 0 Å². The summed E-state index contributed by atoms with van der Waals surface area (Å²) in [5.74, 6) is 0.568. The van der Waals surface area contributed by atoms with Gasteiger partial charge in [0.15, 0.2) is 0 Å². The summed E-state index contributed by atoms with van der Waals surface area (Å²) in [5, 5.41) is 3.00. The first-order chi connectivity index (χ1) is 13.7. The molecule has 2 aromatic carbocycles. The van der Waals surface area contributed by atoms with Gasteiger partial charge in [-0.05, 0) is 49.7 Å². The van der Waals surface area contributed by atoms with Crippen LogP contribution >= 0.6 is 0 Å². The van der Waals surface area contributed by atoms with E-state index in [1.165, 1.54) is 11.1 Å². The predicted molar refractivity (Wildman–Crippen MR) is 112 cm³/mol. The Morgan fingerprint density at radius 1 is 0.964 bits per heavy atom. The van der Waals surface area contributed by atoms with Crippen molar-refractivity contribution in [2.45, 2.75) is 18.4 Å². The van der Waals surface area contributed by atoms with E-state index >= 15 is 0 Å². The summed E-state index contributed by atoms with van der Waals surface area (Å²) in [4.78, 5) is 19.7. The van der Waals surface area contributed by atoms with Crippen LogP contribution in [0.4, 0.5) is 5.82 Å². The minimum Gasteiger partial charge on any atom is -0.310 e. The van der Waals surface area contributed by atoms with Crippen molar-refractivity contribution in [2.75, 3.05) is 18.9 Å². The zero-order valence-corrected chi connectivity index (χ0v) is 16.1. The highest BCUT2D eigenvalue weighted by molar-refractivity contribution is 5.91. The third-order valence-corrected chi connectivity index (χ3v) is 5.80. The summed E-state index contributed by atoms with van der Waals surface area (Å²) >= 11 is 0. The lowest BCUT2D eigenvalue weighted by atomic mass is 9.71. The van der Waals surface area contributed by atoms with Crippen LogP contribution in [0.25, 0.3) is 0 Å². The maximum absolute atomic E-state index is 13.1. The minimum atomic E-state index is -0.326. The Morgan fingerprint density at radius 2 is 1.57 bits per heavy atom. The summed E-state index contributed by atoms with van der Waals surface area (Å²) in [7, 11) is 2.16. The number of hydrogen-bond donors (Lipinski definition) is 1. The van der Waals surface area contributed by atoms with E-state index in [1.54, 1.807) is 6.20 Å². The number of aromatic nitrogens is 1. The molecule has 1 saturated heterocycles. The molecule has 4 rings (SSSR count). The first-order valence-corrected chi connectivity index (χ1v) is 9.74. The molecule has 1 aromatic heterocycles. The summed E-state index contributed by atoms with van der Waals surface area (Å²) in [5.41, 5.74) is 2.12. The van der Waals surface area contributed by atoms with Crippen molar-refractivity contribution in [2.24, 2.45) is 5.92 Å². The van der Waals surface area contributed by atoms with Crippen LogP contribution in [-0.4, -0.2) is 29.4 Å². The Hall–Kier alpha value is -2.98. The molecule has 4 nitrogen and oxygen atoms in total. The number of hydrogen-bond acceptors (Lipinski definition) is 3. The molecule has 142 valence electrons. The molecule has 1 N–H and O–H groups in total. The molecule has 1 atom stereocenters. The first kappa shape index (κ1) is 18.4. The zero-order valence-electron chi connectivity index (χ0n) is 16.1. The molecule has 1 amide bonds. The van der Waals surface area contributed by atoms with Crippen molar-refractivity contribution in [3.05, 3.63) is 96.2 Å². The monoisotopic (exact) mass is 371 g/mol. The molecule has 1 unspecified atom stereocenters. The van der Waals surface area contributed by atoms with Gasteiger partial charge in [0, 0.05) is 12.1 Å². The molecule has 28 heavy (non-hydrogen) atoms. The second kappa shape index (κ2) is 7.95. The van der Waals surface area contributed by atoms with E-state index in [9.17, 15) is 4.79 Å². The van der Waals surface area contributed by atoms with Crippen molar-refractivity contribution in [3.8, 4) is 0 Å². The number of likely N-dealkylation sites (tertiary alicyclic amines) is 1. The highest BCUT2D eigenvalue weighted by Crippen LogP contribution is 2.44. The smallest absolute Gasteiger partial charge is 0.228 e. The Bertz CT molecular complexity index is 873. The normalized spacial score (nSPS) is 19.1. The summed E-state index contributed by atoms with van der Waals surface area (Å²) in [6, 6.07) is 26.6. The fraction of sp³-hybridized carbons (Fsp3) is 0.250. The van der Waals surface area contributed by atoms with Crippen LogP contribution in [0.2, 0.25) is 0 Å². The topological polar surface area (TPSA) is 45.2 Å². The van der Waals surface area contributed by atoms with Gasteiger partial charge in [-0.2, -0.15) is 0 Å². The van der Waals surface area contributed by atoms with Crippen molar-refractivity contribution in [1.82, 2.24) is 9.88 Å². The molecule has 1 aliphatic rings. The van der Waals surface area contributed by atoms with E-state index in [2.05, 4.69) is 70.8 Å². The summed E-state index contributed by atoms with van der Waals surface area (Å²) in [6.07, 6.45) is 3.26. The first-order valence-electron chi connectivity index (χ1n) is 9.74. The van der Waals surface area contributed by atoms with Gasteiger partial charge in [0.2, 0.25) is 5.91 Å². The number of carbonyl (C=O) groups excluding carboxylic acids is 1. The zero-order chi connectivity index (χ0) is 19.4. The van der Waals surface area contributed by atoms with Crippen LogP contribution in [0.1, 0.15) is 24.0 Å². The molecule has 0 spiro atoms. The molecule has 0 aliphatic carbocycles. The molecule has 3 aromatic rings. The number of nitrogens with one attached hydrogen (secondary N) is 1. The highest BCUT2D eigenvalue weighted by atomic mass is 16.1. The standard InChI is InChI=1S/C24H25N3O/c1-27-17-15-19(23(28)26-22-14-8-9-16-25-22)18-24(27,20-10-4-2-5-11-20)21-12-6-3-7-13-21/h2-14,16,19H,15,17-18H2,1H3,(H,25,26,28). The van der Waals surface area contributed by atoms with E-state index in [0.29, 0.717) is 5.82 Å². The Labute approximate surface area is 166 Å². The molecule has 0 bridgehead atoms. The van der Waals surface area contributed by atoms with Gasteiger partial charge in [0.25, 0.3) is 0 Å². The minimum absolute atomic E-state index is 0.0445. The fourth-order valence-corrected chi connectivity index (χ4v) is 4.31. The summed E-state index contributed by atoms with van der Waals surface area (Å²) < 4.78 is 0. The largest absolute Gasteiger partial charge is 0.310 e. The van der Waals surface area contributed by atoms with Gasteiger partial charge in [-0.3, -0.25) is 9.69 Å².